The maximum Gasteiger partial charge on any atom is 0.123 e. The second kappa shape index (κ2) is 5.70. The average Bonchev–Trinajstić information content (AvgIpc) is 2.44. The Balaban J connectivity index is 0.000000637. The van der Waals surface area contributed by atoms with Crippen LogP contribution in [0.4, 0.5) is 4.39 Å². The molecule has 0 radical (unpaired) electrons. The van der Waals surface area contributed by atoms with Crippen molar-refractivity contribution in [3.63, 3.8) is 0 Å². The van der Waals surface area contributed by atoms with Gasteiger partial charge in [-0.25, -0.2) is 4.39 Å². The van der Waals surface area contributed by atoms with Gasteiger partial charge in [0.05, 0.1) is 0 Å². The maximum atomic E-state index is 13.2. The zero-order valence-corrected chi connectivity index (χ0v) is 12.9. The minimum Gasteiger partial charge on any atom is -0.207 e. The smallest absolute Gasteiger partial charge is 0.123 e. The molecule has 0 saturated carbocycles. The van der Waals surface area contributed by atoms with Crippen LogP contribution in [0.2, 0.25) is 0 Å². The van der Waals surface area contributed by atoms with Gasteiger partial charge in [-0.15, -0.1) is 0 Å². The zero-order valence-electron chi connectivity index (χ0n) is 11.3. The molecule has 19 heavy (non-hydrogen) atoms. The molecule has 0 bridgehead atoms. The van der Waals surface area contributed by atoms with Crippen LogP contribution in [-0.4, -0.2) is 0 Å². The predicted molar refractivity (Wildman–Crippen MR) is 85.2 cm³/mol. The van der Waals surface area contributed by atoms with Crippen molar-refractivity contribution in [2.75, 3.05) is 0 Å². The molecule has 0 amide bonds. The third-order valence-electron chi connectivity index (χ3n) is 3.07. The van der Waals surface area contributed by atoms with Crippen LogP contribution in [0.25, 0.3) is 21.5 Å². The van der Waals surface area contributed by atoms with Gasteiger partial charge in [0.2, 0.25) is 0 Å². The lowest BCUT2D eigenvalue weighted by molar-refractivity contribution is 0.630. The standard InChI is InChI=1S/C15H10BrF.C2H6/c1-9-2-3-11-6-10-4-5-13(17)7-12(10)8-14(11)15(9)16;1-2/h2-8H,1H3;1-2H3. The average molecular weight is 319 g/mol. The molecule has 0 aromatic heterocycles. The van der Waals surface area contributed by atoms with Crippen molar-refractivity contribution >= 4 is 37.5 Å². The van der Waals surface area contributed by atoms with Gasteiger partial charge in [0.25, 0.3) is 0 Å². The fourth-order valence-electron chi connectivity index (χ4n) is 2.11. The largest absolute Gasteiger partial charge is 0.207 e. The van der Waals surface area contributed by atoms with Crippen LogP contribution in [0.1, 0.15) is 19.4 Å². The molecule has 3 rings (SSSR count). The van der Waals surface area contributed by atoms with E-state index >= 15 is 0 Å². The van der Waals surface area contributed by atoms with Crippen LogP contribution in [-0.2, 0) is 0 Å². The van der Waals surface area contributed by atoms with Crippen LogP contribution < -0.4 is 0 Å². The summed E-state index contributed by atoms with van der Waals surface area (Å²) in [6, 6.07) is 13.2. The van der Waals surface area contributed by atoms with E-state index in [1.54, 1.807) is 6.07 Å². The fraction of sp³-hybridized carbons (Fsp3) is 0.176. The van der Waals surface area contributed by atoms with Crippen molar-refractivity contribution in [1.82, 2.24) is 0 Å². The minimum absolute atomic E-state index is 0.194. The molecule has 0 unspecified atom stereocenters. The Morgan fingerprint density at radius 2 is 1.53 bits per heavy atom. The van der Waals surface area contributed by atoms with E-state index < -0.39 is 0 Å². The van der Waals surface area contributed by atoms with Crippen molar-refractivity contribution in [2.24, 2.45) is 0 Å². The van der Waals surface area contributed by atoms with E-state index in [4.69, 9.17) is 0 Å². The second-order valence-electron chi connectivity index (χ2n) is 4.26. The molecule has 0 aliphatic heterocycles. The van der Waals surface area contributed by atoms with Crippen LogP contribution in [0.15, 0.2) is 46.9 Å². The van der Waals surface area contributed by atoms with Crippen molar-refractivity contribution in [2.45, 2.75) is 20.8 Å². The van der Waals surface area contributed by atoms with Crippen molar-refractivity contribution in [1.29, 1.82) is 0 Å². The first-order chi connectivity index (χ1) is 9.15. The number of halogens is 2. The summed E-state index contributed by atoms with van der Waals surface area (Å²) in [4.78, 5) is 0. The summed E-state index contributed by atoms with van der Waals surface area (Å²) < 4.78 is 14.3. The fourth-order valence-corrected chi connectivity index (χ4v) is 2.59. The van der Waals surface area contributed by atoms with Crippen LogP contribution in [0.3, 0.4) is 0 Å². The summed E-state index contributed by atoms with van der Waals surface area (Å²) in [6.07, 6.45) is 0. The van der Waals surface area contributed by atoms with Crippen molar-refractivity contribution < 1.29 is 4.39 Å². The van der Waals surface area contributed by atoms with E-state index in [2.05, 4.69) is 41.1 Å². The molecule has 98 valence electrons. The number of aryl methyl sites for hydroxylation is 1. The predicted octanol–water partition coefficient (Wildman–Crippen LogP) is 6.23. The first-order valence-corrected chi connectivity index (χ1v) is 7.22. The minimum atomic E-state index is -0.194. The van der Waals surface area contributed by atoms with Gasteiger partial charge in [-0.2, -0.15) is 0 Å². The second-order valence-corrected chi connectivity index (χ2v) is 5.05. The lowest BCUT2D eigenvalue weighted by Gasteiger charge is -2.06. The molecule has 0 saturated heterocycles. The van der Waals surface area contributed by atoms with Gasteiger partial charge in [-0.1, -0.05) is 32.0 Å². The number of hydrogen-bond acceptors (Lipinski definition) is 0. The SMILES string of the molecule is CC.Cc1ccc2cc3ccc(F)cc3cc2c1Br. The highest BCUT2D eigenvalue weighted by molar-refractivity contribution is 9.10. The molecule has 2 heteroatoms. The lowest BCUT2D eigenvalue weighted by Crippen LogP contribution is -1.82. The molecule has 0 heterocycles. The van der Waals surface area contributed by atoms with E-state index in [1.165, 1.54) is 17.0 Å². The molecule has 0 atom stereocenters. The Labute approximate surface area is 121 Å². The Kier molecular flexibility index (Phi) is 4.20. The first-order valence-electron chi connectivity index (χ1n) is 6.43. The van der Waals surface area contributed by atoms with Gasteiger partial charge >= 0.3 is 0 Å². The molecule has 0 fully saturated rings. The lowest BCUT2D eigenvalue weighted by atomic mass is 10.0. The Morgan fingerprint density at radius 3 is 2.26 bits per heavy atom. The summed E-state index contributed by atoms with van der Waals surface area (Å²) in [5.74, 6) is -0.194. The third kappa shape index (κ3) is 2.64. The van der Waals surface area contributed by atoms with Gasteiger partial charge in [-0.05, 0) is 74.2 Å². The third-order valence-corrected chi connectivity index (χ3v) is 4.12. The quantitative estimate of drug-likeness (QED) is 0.431. The normalized spacial score (nSPS) is 10.4. The molecule has 0 N–H and O–H groups in total. The number of hydrogen-bond donors (Lipinski definition) is 0. The van der Waals surface area contributed by atoms with Crippen molar-refractivity contribution in [3.8, 4) is 0 Å². The van der Waals surface area contributed by atoms with Gasteiger partial charge in [-0.3, -0.25) is 0 Å². The highest BCUT2D eigenvalue weighted by Crippen LogP contribution is 2.31. The Hall–Kier alpha value is -1.41. The molecule has 0 nitrogen and oxygen atoms in total. The number of benzene rings is 3. The van der Waals surface area contributed by atoms with E-state index in [9.17, 15) is 4.39 Å². The first kappa shape index (κ1) is 14.0. The molecule has 0 aliphatic carbocycles. The van der Waals surface area contributed by atoms with Crippen molar-refractivity contribution in [3.05, 3.63) is 58.3 Å². The number of fused-ring (bicyclic) bond motifs is 2. The van der Waals surface area contributed by atoms with Crippen LogP contribution >= 0.6 is 15.9 Å². The van der Waals surface area contributed by atoms with Gasteiger partial charge in [0, 0.05) is 4.47 Å². The molecule has 3 aromatic rings. The van der Waals surface area contributed by atoms with Gasteiger partial charge in [0.15, 0.2) is 0 Å². The molecule has 3 aromatic carbocycles. The van der Waals surface area contributed by atoms with E-state index in [-0.39, 0.29) is 5.82 Å². The number of rotatable bonds is 0. The van der Waals surface area contributed by atoms with Crippen LogP contribution in [0.5, 0.6) is 0 Å². The molecular formula is C17H16BrF. The Morgan fingerprint density at radius 1 is 0.842 bits per heavy atom. The highest BCUT2D eigenvalue weighted by Gasteiger charge is 2.04. The highest BCUT2D eigenvalue weighted by atomic mass is 79.9. The molecular weight excluding hydrogens is 303 g/mol. The molecule has 0 spiro atoms. The van der Waals surface area contributed by atoms with Crippen LogP contribution in [0, 0.1) is 12.7 Å². The topological polar surface area (TPSA) is 0 Å². The monoisotopic (exact) mass is 318 g/mol. The summed E-state index contributed by atoms with van der Waals surface area (Å²) in [5, 5.41) is 4.29. The van der Waals surface area contributed by atoms with Gasteiger partial charge in [0.1, 0.15) is 5.82 Å². The summed E-state index contributed by atoms with van der Waals surface area (Å²) in [6.45, 7) is 6.05. The summed E-state index contributed by atoms with van der Waals surface area (Å²) >= 11 is 3.59. The van der Waals surface area contributed by atoms with E-state index in [1.807, 2.05) is 26.0 Å². The summed E-state index contributed by atoms with van der Waals surface area (Å²) in [7, 11) is 0. The Bertz CT molecular complexity index is 732. The van der Waals surface area contributed by atoms with E-state index in [0.717, 1.165) is 20.6 Å². The maximum absolute atomic E-state index is 13.2. The van der Waals surface area contributed by atoms with Gasteiger partial charge < -0.3 is 0 Å². The van der Waals surface area contributed by atoms with E-state index in [0.29, 0.717) is 0 Å². The summed E-state index contributed by atoms with van der Waals surface area (Å²) in [5.41, 5.74) is 1.19. The molecule has 0 aliphatic rings. The zero-order chi connectivity index (χ0) is 14.0.